The van der Waals surface area contributed by atoms with Crippen LogP contribution in [0.15, 0.2) is 12.7 Å². The number of carbonyl (C=O) groups excluding carboxylic acids is 2. The second kappa shape index (κ2) is 13.1. The zero-order chi connectivity index (χ0) is 15.5. The van der Waals surface area contributed by atoms with Gasteiger partial charge in [-0.3, -0.25) is 4.79 Å². The third kappa shape index (κ3) is 8.35. The fourth-order valence-corrected chi connectivity index (χ4v) is 2.90. The van der Waals surface area contributed by atoms with Gasteiger partial charge < -0.3 is 14.6 Å². The number of aliphatic carboxylic acids is 1. The minimum Gasteiger partial charge on any atom is -0.550 e. The number of unbranched alkanes of at least 4 members (excludes halogenated alkanes) is 5. The first-order chi connectivity index (χ1) is 10.2. The number of hydrogen-bond donors (Lipinski definition) is 0. The van der Waals surface area contributed by atoms with Crippen LogP contribution in [0.3, 0.4) is 0 Å². The summed E-state index contributed by atoms with van der Waals surface area (Å²) in [6.45, 7) is 4.09. The number of esters is 1. The van der Waals surface area contributed by atoms with E-state index in [0.29, 0.717) is 19.4 Å². The van der Waals surface area contributed by atoms with E-state index in [1.807, 2.05) is 6.08 Å². The molecule has 1 fully saturated rings. The van der Waals surface area contributed by atoms with Crippen LogP contribution in [0.4, 0.5) is 0 Å². The quantitative estimate of drug-likeness (QED) is 0.238. The Balaban J connectivity index is 0.00000441. The smallest absolute Gasteiger partial charge is 0.550 e. The van der Waals surface area contributed by atoms with E-state index >= 15 is 0 Å². The van der Waals surface area contributed by atoms with E-state index in [9.17, 15) is 14.7 Å². The van der Waals surface area contributed by atoms with Gasteiger partial charge in [-0.05, 0) is 32.1 Å². The number of hydrogen-bond acceptors (Lipinski definition) is 4. The molecule has 5 heteroatoms. The van der Waals surface area contributed by atoms with Crippen LogP contribution < -0.4 is 34.7 Å². The van der Waals surface area contributed by atoms with Crippen LogP contribution >= 0.6 is 0 Å². The van der Waals surface area contributed by atoms with Gasteiger partial charge in [0, 0.05) is 11.9 Å². The molecule has 0 aromatic carbocycles. The minimum atomic E-state index is -1.11. The van der Waals surface area contributed by atoms with E-state index < -0.39 is 17.8 Å². The van der Waals surface area contributed by atoms with Crippen molar-refractivity contribution in [2.24, 2.45) is 11.8 Å². The molecule has 1 rings (SSSR count). The maximum absolute atomic E-state index is 12.0. The summed E-state index contributed by atoms with van der Waals surface area (Å²) in [5, 5.41) is 11.0. The maximum atomic E-state index is 12.0. The number of carboxylic acid groups (broad SMARTS) is 1. The van der Waals surface area contributed by atoms with Gasteiger partial charge in [0.05, 0.1) is 12.5 Å². The Labute approximate surface area is 156 Å². The van der Waals surface area contributed by atoms with Crippen LogP contribution in [0.5, 0.6) is 0 Å². The number of ether oxygens (including phenoxy) is 1. The van der Waals surface area contributed by atoms with Crippen molar-refractivity contribution in [3.05, 3.63) is 12.7 Å². The molecule has 4 nitrogen and oxygen atoms in total. The average Bonchev–Trinajstić information content (AvgIpc) is 2.49. The van der Waals surface area contributed by atoms with E-state index in [-0.39, 0.29) is 35.5 Å². The summed E-state index contributed by atoms with van der Waals surface area (Å²) < 4.78 is 5.24. The Morgan fingerprint density at radius 2 is 1.64 bits per heavy atom. The summed E-state index contributed by atoms with van der Waals surface area (Å²) in [5.41, 5.74) is 0. The van der Waals surface area contributed by atoms with E-state index in [1.165, 1.54) is 12.8 Å². The number of carboxylic acids is 1. The topological polar surface area (TPSA) is 66.4 Å². The standard InChI is InChI=1S/C17H28O4.Na/c1-2-3-4-5-6-7-10-13-21-17(20)15-12-9-8-11-14(15)16(18)19;/h2,14-15H,1,3-13H2,(H,18,19);/q;+1/p-1. The summed E-state index contributed by atoms with van der Waals surface area (Å²) in [4.78, 5) is 23.0. The van der Waals surface area contributed by atoms with Crippen molar-refractivity contribution >= 4 is 11.9 Å². The monoisotopic (exact) mass is 318 g/mol. The molecule has 2 unspecified atom stereocenters. The Bertz CT molecular complexity index is 344. The van der Waals surface area contributed by atoms with Gasteiger partial charge >= 0.3 is 35.5 Å². The van der Waals surface area contributed by atoms with Crippen LogP contribution in [-0.2, 0) is 14.3 Å². The fourth-order valence-electron chi connectivity index (χ4n) is 2.90. The second-order valence-electron chi connectivity index (χ2n) is 5.83. The molecule has 0 aromatic heterocycles. The molecule has 0 N–H and O–H groups in total. The van der Waals surface area contributed by atoms with Crippen LogP contribution in [0.25, 0.3) is 0 Å². The van der Waals surface area contributed by atoms with Crippen molar-refractivity contribution in [1.29, 1.82) is 0 Å². The summed E-state index contributed by atoms with van der Waals surface area (Å²) in [5.74, 6) is -2.63. The largest absolute Gasteiger partial charge is 1.00 e. The van der Waals surface area contributed by atoms with Crippen molar-refractivity contribution in [3.63, 3.8) is 0 Å². The first-order valence-corrected chi connectivity index (χ1v) is 8.15. The molecule has 0 saturated heterocycles. The van der Waals surface area contributed by atoms with E-state index in [4.69, 9.17) is 4.74 Å². The van der Waals surface area contributed by atoms with Crippen molar-refractivity contribution in [1.82, 2.24) is 0 Å². The van der Waals surface area contributed by atoms with Crippen LogP contribution in [0.2, 0.25) is 0 Å². The number of rotatable bonds is 10. The van der Waals surface area contributed by atoms with Gasteiger partial charge in [-0.15, -0.1) is 6.58 Å². The molecule has 1 saturated carbocycles. The van der Waals surface area contributed by atoms with E-state index in [0.717, 1.165) is 38.5 Å². The molecule has 0 radical (unpaired) electrons. The molecule has 0 heterocycles. The van der Waals surface area contributed by atoms with Gasteiger partial charge in [-0.2, -0.15) is 0 Å². The van der Waals surface area contributed by atoms with E-state index in [2.05, 4.69) is 6.58 Å². The average molecular weight is 318 g/mol. The van der Waals surface area contributed by atoms with Crippen molar-refractivity contribution in [3.8, 4) is 0 Å². The van der Waals surface area contributed by atoms with Crippen LogP contribution in [0.1, 0.15) is 64.2 Å². The minimum absolute atomic E-state index is 0. The maximum Gasteiger partial charge on any atom is 1.00 e. The molecule has 0 amide bonds. The Kier molecular flexibility index (Phi) is 13.0. The van der Waals surface area contributed by atoms with Crippen LogP contribution in [-0.4, -0.2) is 18.5 Å². The molecule has 2 atom stereocenters. The molecular formula is C17H27NaO4. The SMILES string of the molecule is C=CCCCCCCCOC(=O)C1CCCCC1C(=O)[O-].[Na+]. The Morgan fingerprint density at radius 3 is 2.27 bits per heavy atom. The first-order valence-electron chi connectivity index (χ1n) is 8.15. The molecule has 0 aromatic rings. The van der Waals surface area contributed by atoms with E-state index in [1.54, 1.807) is 0 Å². The van der Waals surface area contributed by atoms with Crippen molar-refractivity contribution in [2.45, 2.75) is 64.2 Å². The fraction of sp³-hybridized carbons (Fsp3) is 0.765. The van der Waals surface area contributed by atoms with Gasteiger partial charge in [0.2, 0.25) is 0 Å². The Morgan fingerprint density at radius 1 is 1.05 bits per heavy atom. The third-order valence-electron chi connectivity index (χ3n) is 4.17. The normalized spacial score (nSPS) is 20.7. The molecular weight excluding hydrogens is 291 g/mol. The molecule has 0 aliphatic heterocycles. The molecule has 22 heavy (non-hydrogen) atoms. The van der Waals surface area contributed by atoms with Gasteiger partial charge in [0.25, 0.3) is 0 Å². The summed E-state index contributed by atoms with van der Waals surface area (Å²) >= 11 is 0. The predicted octanol–water partition coefficient (Wildman–Crippen LogP) is -0.383. The Hall–Kier alpha value is -0.320. The summed E-state index contributed by atoms with van der Waals surface area (Å²) in [7, 11) is 0. The zero-order valence-electron chi connectivity index (χ0n) is 13.9. The first kappa shape index (κ1) is 21.7. The van der Waals surface area contributed by atoms with Gasteiger partial charge in [0.1, 0.15) is 0 Å². The van der Waals surface area contributed by atoms with Crippen molar-refractivity contribution in [2.75, 3.05) is 6.61 Å². The molecule has 0 spiro atoms. The zero-order valence-corrected chi connectivity index (χ0v) is 15.9. The van der Waals surface area contributed by atoms with Gasteiger partial charge in [0.15, 0.2) is 0 Å². The predicted molar refractivity (Wildman–Crippen MR) is 79.3 cm³/mol. The number of carbonyl (C=O) groups is 2. The molecule has 1 aliphatic rings. The second-order valence-corrected chi connectivity index (χ2v) is 5.83. The third-order valence-corrected chi connectivity index (χ3v) is 4.17. The number of allylic oxidation sites excluding steroid dienone is 1. The summed E-state index contributed by atoms with van der Waals surface area (Å²) in [6.07, 6.45) is 11.2. The molecule has 0 bridgehead atoms. The molecule has 120 valence electrons. The van der Waals surface area contributed by atoms with Crippen molar-refractivity contribution < 1.29 is 49.0 Å². The summed E-state index contributed by atoms with van der Waals surface area (Å²) in [6, 6.07) is 0. The van der Waals surface area contributed by atoms with Gasteiger partial charge in [-0.1, -0.05) is 38.2 Å². The molecule has 1 aliphatic carbocycles. The van der Waals surface area contributed by atoms with Gasteiger partial charge in [-0.25, -0.2) is 0 Å². The van der Waals surface area contributed by atoms with Crippen LogP contribution in [0, 0.1) is 11.8 Å².